The Morgan fingerprint density at radius 1 is 1.59 bits per heavy atom. The number of nitrogens with zero attached hydrogens (tertiary/aromatic N) is 2. The van der Waals surface area contributed by atoms with Gasteiger partial charge in [0.15, 0.2) is 0 Å². The van der Waals surface area contributed by atoms with Crippen LogP contribution in [-0.2, 0) is 0 Å². The lowest BCUT2D eigenvalue weighted by Crippen LogP contribution is -2.04. The number of nitro benzene ring substituents is 1. The minimum Gasteiger partial charge on any atom is -0.384 e. The Morgan fingerprint density at radius 2 is 2.35 bits per heavy atom. The summed E-state index contributed by atoms with van der Waals surface area (Å²) in [6, 6.07) is 6.23. The molecule has 0 unspecified atom stereocenters. The Morgan fingerprint density at radius 3 is 2.94 bits per heavy atom. The van der Waals surface area contributed by atoms with Crippen molar-refractivity contribution in [2.45, 2.75) is 6.42 Å². The summed E-state index contributed by atoms with van der Waals surface area (Å²) in [6.07, 6.45) is 3.02. The van der Waals surface area contributed by atoms with Crippen LogP contribution in [0.3, 0.4) is 0 Å². The first-order valence-electron chi connectivity index (χ1n) is 5.10. The minimum atomic E-state index is -0.502. The number of benzene rings is 1. The second kappa shape index (κ2) is 6.76. The maximum Gasteiger partial charge on any atom is 0.270 e. The maximum absolute atomic E-state index is 10.6. The van der Waals surface area contributed by atoms with Crippen molar-refractivity contribution in [3.63, 3.8) is 0 Å². The third-order valence-electron chi connectivity index (χ3n) is 2.18. The fraction of sp³-hybridized carbons (Fsp3) is 0.364. The monoisotopic (exact) mass is 251 g/mol. The van der Waals surface area contributed by atoms with Crippen LogP contribution in [0.1, 0.15) is 12.0 Å². The molecular formula is C11H13N3O2S. The number of thioether (sulfide) groups is 1. The Balaban J connectivity index is 2.73. The van der Waals surface area contributed by atoms with E-state index in [0.717, 1.165) is 18.7 Å². The molecular weight excluding hydrogens is 238 g/mol. The van der Waals surface area contributed by atoms with Crippen molar-refractivity contribution >= 4 is 23.1 Å². The van der Waals surface area contributed by atoms with Crippen LogP contribution >= 0.6 is 11.8 Å². The lowest BCUT2D eigenvalue weighted by molar-refractivity contribution is -0.384. The van der Waals surface area contributed by atoms with Gasteiger partial charge in [-0.3, -0.25) is 10.1 Å². The number of hydrogen-bond acceptors (Lipinski definition) is 5. The van der Waals surface area contributed by atoms with Crippen molar-refractivity contribution in [1.29, 1.82) is 5.26 Å². The quantitative estimate of drug-likeness (QED) is 0.477. The molecule has 0 radical (unpaired) electrons. The van der Waals surface area contributed by atoms with Crippen LogP contribution in [-0.4, -0.2) is 23.5 Å². The van der Waals surface area contributed by atoms with Crippen molar-refractivity contribution in [2.75, 3.05) is 23.9 Å². The van der Waals surface area contributed by atoms with Crippen molar-refractivity contribution in [1.82, 2.24) is 0 Å². The van der Waals surface area contributed by atoms with E-state index < -0.39 is 4.92 Å². The molecule has 0 aromatic heterocycles. The maximum atomic E-state index is 10.6. The average molecular weight is 251 g/mol. The Hall–Kier alpha value is -1.74. The molecule has 0 spiro atoms. The molecule has 1 N–H and O–H groups in total. The van der Waals surface area contributed by atoms with E-state index in [0.29, 0.717) is 11.3 Å². The molecule has 1 aromatic rings. The topological polar surface area (TPSA) is 79.0 Å². The van der Waals surface area contributed by atoms with Crippen LogP contribution in [0, 0.1) is 21.4 Å². The zero-order valence-electron chi connectivity index (χ0n) is 9.47. The molecule has 6 heteroatoms. The van der Waals surface area contributed by atoms with Crippen LogP contribution in [0.15, 0.2) is 18.2 Å². The molecule has 5 nitrogen and oxygen atoms in total. The molecule has 0 amide bonds. The molecule has 0 aliphatic heterocycles. The number of nitriles is 1. The van der Waals surface area contributed by atoms with E-state index in [-0.39, 0.29) is 5.69 Å². The summed E-state index contributed by atoms with van der Waals surface area (Å²) < 4.78 is 0. The first-order valence-corrected chi connectivity index (χ1v) is 6.49. The molecule has 0 atom stereocenters. The third kappa shape index (κ3) is 3.96. The number of nitrogens with one attached hydrogen (secondary N) is 1. The molecule has 0 aliphatic carbocycles. The fourth-order valence-electron chi connectivity index (χ4n) is 1.33. The Kier molecular flexibility index (Phi) is 5.30. The number of nitro groups is 1. The summed E-state index contributed by atoms with van der Waals surface area (Å²) >= 11 is 1.76. The van der Waals surface area contributed by atoms with Crippen molar-refractivity contribution in [2.24, 2.45) is 0 Å². The highest BCUT2D eigenvalue weighted by Gasteiger charge is 2.09. The normalized spacial score (nSPS) is 9.65. The summed E-state index contributed by atoms with van der Waals surface area (Å²) in [6.45, 7) is 0.757. The van der Waals surface area contributed by atoms with Crippen LogP contribution in [0.25, 0.3) is 0 Å². The molecule has 0 saturated carbocycles. The second-order valence-corrected chi connectivity index (χ2v) is 4.36. The second-order valence-electron chi connectivity index (χ2n) is 3.37. The van der Waals surface area contributed by atoms with Gasteiger partial charge in [0.2, 0.25) is 0 Å². The predicted octanol–water partition coefficient (Wildman–Crippen LogP) is 2.63. The zero-order chi connectivity index (χ0) is 12.7. The first-order chi connectivity index (χ1) is 8.19. The van der Waals surface area contributed by atoms with Gasteiger partial charge in [0.1, 0.15) is 6.07 Å². The van der Waals surface area contributed by atoms with Gasteiger partial charge in [-0.25, -0.2) is 0 Å². The highest BCUT2D eigenvalue weighted by atomic mass is 32.2. The van der Waals surface area contributed by atoms with E-state index in [4.69, 9.17) is 5.26 Å². The van der Waals surface area contributed by atoms with Gasteiger partial charge in [0, 0.05) is 18.7 Å². The highest BCUT2D eigenvalue weighted by Crippen LogP contribution is 2.21. The Bertz CT molecular complexity index is 443. The third-order valence-corrected chi connectivity index (χ3v) is 2.87. The molecule has 17 heavy (non-hydrogen) atoms. The van der Waals surface area contributed by atoms with Gasteiger partial charge in [-0.15, -0.1) is 0 Å². The van der Waals surface area contributed by atoms with E-state index in [9.17, 15) is 10.1 Å². The van der Waals surface area contributed by atoms with Crippen LogP contribution < -0.4 is 5.32 Å². The van der Waals surface area contributed by atoms with Crippen molar-refractivity contribution < 1.29 is 4.92 Å². The summed E-state index contributed by atoms with van der Waals surface area (Å²) in [5.41, 5.74) is 0.902. The van der Waals surface area contributed by atoms with Crippen LogP contribution in [0.2, 0.25) is 0 Å². The lowest BCUT2D eigenvalue weighted by atomic mass is 10.1. The predicted molar refractivity (Wildman–Crippen MR) is 69.3 cm³/mol. The van der Waals surface area contributed by atoms with E-state index in [1.807, 2.05) is 12.3 Å². The van der Waals surface area contributed by atoms with Gasteiger partial charge in [-0.2, -0.15) is 17.0 Å². The van der Waals surface area contributed by atoms with Gasteiger partial charge in [-0.05, 0) is 24.5 Å². The Labute approximate surface area is 104 Å². The number of anilines is 1. The van der Waals surface area contributed by atoms with Gasteiger partial charge < -0.3 is 5.32 Å². The number of hydrogen-bond donors (Lipinski definition) is 1. The fourth-order valence-corrected chi connectivity index (χ4v) is 1.77. The summed E-state index contributed by atoms with van der Waals surface area (Å²) in [7, 11) is 0. The van der Waals surface area contributed by atoms with Crippen LogP contribution in [0.5, 0.6) is 0 Å². The first kappa shape index (κ1) is 13.3. The molecule has 1 rings (SSSR count). The van der Waals surface area contributed by atoms with E-state index in [1.165, 1.54) is 12.1 Å². The molecule has 90 valence electrons. The van der Waals surface area contributed by atoms with Gasteiger partial charge >= 0.3 is 0 Å². The van der Waals surface area contributed by atoms with Gasteiger partial charge in [0.25, 0.3) is 5.69 Å². The summed E-state index contributed by atoms with van der Waals surface area (Å²) in [5.74, 6) is 1.04. The molecule has 0 fully saturated rings. The average Bonchev–Trinajstić information content (AvgIpc) is 2.34. The standard InChI is InChI=1S/C11H13N3O2S/c1-17-6-2-5-13-11-4-3-10(14(15)16)7-9(11)8-12/h3-4,7,13H,2,5-6H2,1H3. The SMILES string of the molecule is CSCCCNc1ccc([N+](=O)[O-])cc1C#N. The lowest BCUT2D eigenvalue weighted by Gasteiger charge is -2.07. The van der Waals surface area contributed by atoms with Gasteiger partial charge in [-0.1, -0.05) is 0 Å². The van der Waals surface area contributed by atoms with E-state index >= 15 is 0 Å². The number of rotatable bonds is 6. The molecule has 0 saturated heterocycles. The van der Waals surface area contributed by atoms with E-state index in [2.05, 4.69) is 5.32 Å². The summed E-state index contributed by atoms with van der Waals surface area (Å²) in [5, 5.41) is 22.6. The molecule has 0 aliphatic rings. The molecule has 0 heterocycles. The van der Waals surface area contributed by atoms with Crippen molar-refractivity contribution in [3.8, 4) is 6.07 Å². The van der Waals surface area contributed by atoms with E-state index in [1.54, 1.807) is 17.8 Å². The molecule has 1 aromatic carbocycles. The van der Waals surface area contributed by atoms with Crippen molar-refractivity contribution in [3.05, 3.63) is 33.9 Å². The largest absolute Gasteiger partial charge is 0.384 e. The summed E-state index contributed by atoms with van der Waals surface area (Å²) in [4.78, 5) is 10.1. The highest BCUT2D eigenvalue weighted by molar-refractivity contribution is 7.98. The minimum absolute atomic E-state index is 0.0591. The molecule has 0 bridgehead atoms. The number of non-ortho nitro benzene ring substituents is 1. The van der Waals surface area contributed by atoms with Gasteiger partial charge in [0.05, 0.1) is 16.2 Å². The smallest absolute Gasteiger partial charge is 0.270 e. The van der Waals surface area contributed by atoms with Crippen LogP contribution in [0.4, 0.5) is 11.4 Å². The zero-order valence-corrected chi connectivity index (χ0v) is 10.3.